The highest BCUT2D eigenvalue weighted by Crippen LogP contribution is 2.31. The second-order valence-corrected chi connectivity index (χ2v) is 6.65. The highest BCUT2D eigenvalue weighted by atomic mass is 32.2. The van der Waals surface area contributed by atoms with Gasteiger partial charge in [-0.2, -0.15) is 0 Å². The van der Waals surface area contributed by atoms with Crippen LogP contribution in [0.4, 0.5) is 11.4 Å². The van der Waals surface area contributed by atoms with Crippen LogP contribution in [0.1, 0.15) is 32.6 Å². The Morgan fingerprint density at radius 3 is 2.64 bits per heavy atom. The smallest absolute Gasteiger partial charge is 0.234 e. The maximum atomic E-state index is 12.1. The van der Waals surface area contributed by atoms with Gasteiger partial charge < -0.3 is 15.4 Å². The Bertz CT molecular complexity index is 542. The third-order valence-corrected chi connectivity index (χ3v) is 4.92. The molecule has 0 radical (unpaired) electrons. The molecule has 0 bridgehead atoms. The second kappa shape index (κ2) is 8.08. The van der Waals surface area contributed by atoms with E-state index in [2.05, 4.69) is 10.6 Å². The topological polar surface area (TPSA) is 67.4 Å². The van der Waals surface area contributed by atoms with Crippen molar-refractivity contribution in [2.24, 2.45) is 0 Å². The maximum absolute atomic E-state index is 12.1. The van der Waals surface area contributed by atoms with Crippen LogP contribution in [0.2, 0.25) is 0 Å². The molecule has 0 unspecified atom stereocenters. The van der Waals surface area contributed by atoms with E-state index in [-0.39, 0.29) is 11.8 Å². The van der Waals surface area contributed by atoms with Crippen LogP contribution in [0.15, 0.2) is 18.2 Å². The minimum absolute atomic E-state index is 0.0461. The molecule has 0 spiro atoms. The van der Waals surface area contributed by atoms with Crippen molar-refractivity contribution in [2.45, 2.75) is 37.9 Å². The number of nitrogens with one attached hydrogen (secondary N) is 2. The molecular formula is C16H22N2O3S. The van der Waals surface area contributed by atoms with Gasteiger partial charge >= 0.3 is 0 Å². The minimum atomic E-state index is -0.153. The average Bonchev–Trinajstić information content (AvgIpc) is 2.98. The van der Waals surface area contributed by atoms with Crippen LogP contribution in [-0.2, 0) is 9.59 Å². The maximum Gasteiger partial charge on any atom is 0.234 e. The molecule has 0 aromatic heterocycles. The molecule has 0 heterocycles. The molecule has 1 fully saturated rings. The Morgan fingerprint density at radius 2 is 2.00 bits per heavy atom. The van der Waals surface area contributed by atoms with Gasteiger partial charge in [0.25, 0.3) is 0 Å². The zero-order chi connectivity index (χ0) is 15.9. The average molecular weight is 322 g/mol. The van der Waals surface area contributed by atoms with Crippen molar-refractivity contribution >= 4 is 35.0 Å². The molecule has 120 valence electrons. The van der Waals surface area contributed by atoms with E-state index in [9.17, 15) is 9.59 Å². The van der Waals surface area contributed by atoms with Crippen LogP contribution < -0.4 is 15.4 Å². The second-order valence-electron chi connectivity index (χ2n) is 5.36. The van der Waals surface area contributed by atoms with Crippen molar-refractivity contribution in [3.63, 3.8) is 0 Å². The number of methoxy groups -OCH3 is 1. The molecule has 6 heteroatoms. The first kappa shape index (κ1) is 16.7. The summed E-state index contributed by atoms with van der Waals surface area (Å²) in [6, 6.07) is 5.17. The number of carbonyl (C=O) groups is 2. The van der Waals surface area contributed by atoms with Crippen molar-refractivity contribution in [1.82, 2.24) is 0 Å². The third-order valence-electron chi connectivity index (χ3n) is 3.55. The van der Waals surface area contributed by atoms with Gasteiger partial charge in [0, 0.05) is 17.9 Å². The standard InChI is InChI=1S/C16H22N2O3S/c1-11(19)17-12-7-8-15(21-2)14(9-12)18-16(20)10-22-13-5-3-4-6-13/h7-9,13H,3-6,10H2,1-2H3,(H,17,19)(H,18,20). The van der Waals surface area contributed by atoms with Crippen molar-refractivity contribution in [1.29, 1.82) is 0 Å². The highest BCUT2D eigenvalue weighted by molar-refractivity contribution is 8.00. The molecule has 1 aliphatic carbocycles. The Morgan fingerprint density at radius 1 is 1.27 bits per heavy atom. The number of rotatable bonds is 6. The lowest BCUT2D eigenvalue weighted by molar-refractivity contribution is -0.114. The normalized spacial score (nSPS) is 14.6. The Balaban J connectivity index is 1.96. The van der Waals surface area contributed by atoms with Crippen molar-refractivity contribution in [2.75, 3.05) is 23.5 Å². The Kier molecular flexibility index (Phi) is 6.12. The zero-order valence-electron chi connectivity index (χ0n) is 13.0. The van der Waals surface area contributed by atoms with Crippen molar-refractivity contribution < 1.29 is 14.3 Å². The first-order valence-electron chi connectivity index (χ1n) is 7.45. The van der Waals surface area contributed by atoms with E-state index in [0.29, 0.717) is 28.1 Å². The van der Waals surface area contributed by atoms with Gasteiger partial charge in [-0.25, -0.2) is 0 Å². The fourth-order valence-corrected chi connectivity index (χ4v) is 3.65. The first-order valence-corrected chi connectivity index (χ1v) is 8.50. The van der Waals surface area contributed by atoms with Gasteiger partial charge in [-0.05, 0) is 31.0 Å². The summed E-state index contributed by atoms with van der Waals surface area (Å²) >= 11 is 1.72. The van der Waals surface area contributed by atoms with Gasteiger partial charge in [0.1, 0.15) is 5.75 Å². The van der Waals surface area contributed by atoms with Crippen LogP contribution in [0.25, 0.3) is 0 Å². The molecule has 2 N–H and O–H groups in total. The van der Waals surface area contributed by atoms with Crippen molar-refractivity contribution in [3.05, 3.63) is 18.2 Å². The number of benzene rings is 1. The van der Waals surface area contributed by atoms with E-state index in [1.54, 1.807) is 37.1 Å². The Labute approximate surface area is 135 Å². The molecule has 1 saturated carbocycles. The molecule has 1 aromatic carbocycles. The van der Waals surface area contributed by atoms with Gasteiger partial charge in [-0.1, -0.05) is 12.8 Å². The number of ether oxygens (including phenoxy) is 1. The van der Waals surface area contributed by atoms with Crippen LogP contribution in [0.5, 0.6) is 5.75 Å². The van der Waals surface area contributed by atoms with E-state index in [0.717, 1.165) is 0 Å². The summed E-state index contributed by atoms with van der Waals surface area (Å²) in [7, 11) is 1.55. The molecular weight excluding hydrogens is 300 g/mol. The van der Waals surface area contributed by atoms with Gasteiger partial charge in [0.15, 0.2) is 0 Å². The molecule has 2 amide bonds. The summed E-state index contributed by atoms with van der Waals surface area (Å²) in [5.74, 6) is 0.820. The fourth-order valence-electron chi connectivity index (χ4n) is 2.52. The zero-order valence-corrected chi connectivity index (χ0v) is 13.8. The van der Waals surface area contributed by atoms with Gasteiger partial charge in [-0.15, -0.1) is 11.8 Å². The quantitative estimate of drug-likeness (QED) is 0.843. The lowest BCUT2D eigenvalue weighted by Gasteiger charge is -2.13. The molecule has 22 heavy (non-hydrogen) atoms. The molecule has 1 aliphatic rings. The molecule has 2 rings (SSSR count). The van der Waals surface area contributed by atoms with Crippen LogP contribution in [-0.4, -0.2) is 29.9 Å². The third kappa shape index (κ3) is 4.94. The van der Waals surface area contributed by atoms with Crippen LogP contribution >= 0.6 is 11.8 Å². The number of hydrogen-bond donors (Lipinski definition) is 2. The predicted molar refractivity (Wildman–Crippen MR) is 90.6 cm³/mol. The highest BCUT2D eigenvalue weighted by Gasteiger charge is 2.17. The predicted octanol–water partition coefficient (Wildman–Crippen LogP) is 3.27. The monoisotopic (exact) mass is 322 g/mol. The number of carbonyl (C=O) groups excluding carboxylic acids is 2. The fraction of sp³-hybridized carbons (Fsp3) is 0.500. The number of amides is 2. The van der Waals surface area contributed by atoms with E-state index in [1.807, 2.05) is 0 Å². The lowest BCUT2D eigenvalue weighted by Crippen LogP contribution is -2.16. The summed E-state index contributed by atoms with van der Waals surface area (Å²) < 4.78 is 5.25. The number of thioether (sulfide) groups is 1. The van der Waals surface area contributed by atoms with Gasteiger partial charge in [-0.3, -0.25) is 9.59 Å². The van der Waals surface area contributed by atoms with Gasteiger partial charge in [0.05, 0.1) is 18.6 Å². The summed E-state index contributed by atoms with van der Waals surface area (Å²) in [5, 5.41) is 6.17. The number of anilines is 2. The molecule has 0 saturated heterocycles. The van der Waals surface area contributed by atoms with E-state index >= 15 is 0 Å². The minimum Gasteiger partial charge on any atom is -0.495 e. The van der Waals surface area contributed by atoms with Crippen LogP contribution in [0, 0.1) is 0 Å². The van der Waals surface area contributed by atoms with E-state index in [1.165, 1.54) is 32.6 Å². The lowest BCUT2D eigenvalue weighted by atomic mass is 10.2. The van der Waals surface area contributed by atoms with E-state index < -0.39 is 0 Å². The molecule has 0 aliphatic heterocycles. The van der Waals surface area contributed by atoms with Crippen molar-refractivity contribution in [3.8, 4) is 5.75 Å². The summed E-state index contributed by atoms with van der Waals surface area (Å²) in [6.07, 6.45) is 4.95. The first-order chi connectivity index (χ1) is 10.6. The van der Waals surface area contributed by atoms with Crippen LogP contribution in [0.3, 0.4) is 0 Å². The molecule has 0 atom stereocenters. The largest absolute Gasteiger partial charge is 0.495 e. The SMILES string of the molecule is COc1ccc(NC(C)=O)cc1NC(=O)CSC1CCCC1. The summed E-state index contributed by atoms with van der Waals surface area (Å²) in [6.45, 7) is 1.45. The van der Waals surface area contributed by atoms with Gasteiger partial charge in [0.2, 0.25) is 11.8 Å². The molecule has 1 aromatic rings. The summed E-state index contributed by atoms with van der Waals surface area (Å²) in [5.41, 5.74) is 1.21. The van der Waals surface area contributed by atoms with E-state index in [4.69, 9.17) is 4.74 Å². The molecule has 5 nitrogen and oxygen atoms in total. The Hall–Kier alpha value is -1.69. The summed E-state index contributed by atoms with van der Waals surface area (Å²) in [4.78, 5) is 23.2. The number of hydrogen-bond acceptors (Lipinski definition) is 4.